The molecule has 1 unspecified atom stereocenters. The number of hydrogen-bond donors (Lipinski definition) is 1. The van der Waals surface area contributed by atoms with Crippen molar-refractivity contribution in [3.8, 4) is 0 Å². The van der Waals surface area contributed by atoms with Gasteiger partial charge in [-0.1, -0.05) is 28.1 Å². The van der Waals surface area contributed by atoms with Crippen molar-refractivity contribution >= 4 is 21.8 Å². The molecule has 0 spiro atoms. The van der Waals surface area contributed by atoms with Crippen molar-refractivity contribution in [2.75, 3.05) is 19.6 Å². The van der Waals surface area contributed by atoms with E-state index < -0.39 is 0 Å². The molecule has 1 atom stereocenters. The van der Waals surface area contributed by atoms with Crippen molar-refractivity contribution in [2.45, 2.75) is 32.2 Å². The third kappa shape index (κ3) is 4.05. The number of rotatable bonds is 4. The first-order valence-electron chi connectivity index (χ1n) is 6.95. The first kappa shape index (κ1) is 14.5. The summed E-state index contributed by atoms with van der Waals surface area (Å²) in [6, 6.07) is 8.35. The Morgan fingerprint density at radius 3 is 2.74 bits per heavy atom. The van der Waals surface area contributed by atoms with Gasteiger partial charge < -0.3 is 10.2 Å². The maximum atomic E-state index is 12.4. The standard InChI is InChI=1S/C15H21BrN2O/c1-2-18(14-4-3-9-17-11-14)15(19)10-12-5-7-13(16)8-6-12/h5-8,14,17H,2-4,9-11H2,1H3. The largest absolute Gasteiger partial charge is 0.338 e. The number of nitrogens with one attached hydrogen (secondary N) is 1. The third-order valence-electron chi connectivity index (χ3n) is 3.64. The molecule has 1 aliphatic heterocycles. The van der Waals surface area contributed by atoms with Crippen molar-refractivity contribution in [3.05, 3.63) is 34.3 Å². The van der Waals surface area contributed by atoms with Crippen molar-refractivity contribution in [1.82, 2.24) is 10.2 Å². The summed E-state index contributed by atoms with van der Waals surface area (Å²) in [7, 11) is 0. The normalized spacial score (nSPS) is 19.2. The number of nitrogens with zero attached hydrogens (tertiary/aromatic N) is 1. The van der Waals surface area contributed by atoms with Gasteiger partial charge in [0.15, 0.2) is 0 Å². The fourth-order valence-electron chi connectivity index (χ4n) is 2.62. The molecular weight excluding hydrogens is 304 g/mol. The zero-order chi connectivity index (χ0) is 13.7. The van der Waals surface area contributed by atoms with E-state index in [2.05, 4.69) is 28.2 Å². The van der Waals surface area contributed by atoms with Crippen molar-refractivity contribution in [3.63, 3.8) is 0 Å². The van der Waals surface area contributed by atoms with Crippen LogP contribution in [-0.4, -0.2) is 36.5 Å². The monoisotopic (exact) mass is 324 g/mol. The Kier molecular flexibility index (Phi) is 5.40. The van der Waals surface area contributed by atoms with Gasteiger partial charge in [0, 0.05) is 23.6 Å². The Morgan fingerprint density at radius 2 is 2.16 bits per heavy atom. The minimum absolute atomic E-state index is 0.235. The quantitative estimate of drug-likeness (QED) is 0.923. The number of benzene rings is 1. The van der Waals surface area contributed by atoms with E-state index in [-0.39, 0.29) is 5.91 Å². The fraction of sp³-hybridized carbons (Fsp3) is 0.533. The second-order valence-corrected chi connectivity index (χ2v) is 5.90. The first-order chi connectivity index (χ1) is 9.20. The number of halogens is 1. The summed E-state index contributed by atoms with van der Waals surface area (Å²) in [4.78, 5) is 14.4. The zero-order valence-corrected chi connectivity index (χ0v) is 12.9. The van der Waals surface area contributed by atoms with E-state index in [1.807, 2.05) is 29.2 Å². The van der Waals surface area contributed by atoms with Crippen LogP contribution in [0, 0.1) is 0 Å². The smallest absolute Gasteiger partial charge is 0.227 e. The van der Waals surface area contributed by atoms with Gasteiger partial charge in [0.25, 0.3) is 0 Å². The van der Waals surface area contributed by atoms with E-state index in [0.717, 1.165) is 42.5 Å². The molecule has 1 amide bonds. The second-order valence-electron chi connectivity index (χ2n) is 4.98. The molecule has 1 N–H and O–H groups in total. The topological polar surface area (TPSA) is 32.3 Å². The predicted octanol–water partition coefficient (Wildman–Crippen LogP) is 2.59. The second kappa shape index (κ2) is 7.06. The first-order valence-corrected chi connectivity index (χ1v) is 7.74. The van der Waals surface area contributed by atoms with Crippen LogP contribution in [0.25, 0.3) is 0 Å². The number of carbonyl (C=O) groups excluding carboxylic acids is 1. The van der Waals surface area contributed by atoms with Gasteiger partial charge >= 0.3 is 0 Å². The highest BCUT2D eigenvalue weighted by Crippen LogP contribution is 2.14. The molecule has 1 aliphatic rings. The van der Waals surface area contributed by atoms with Gasteiger partial charge in [-0.3, -0.25) is 4.79 Å². The zero-order valence-electron chi connectivity index (χ0n) is 11.4. The van der Waals surface area contributed by atoms with Gasteiger partial charge in [0.2, 0.25) is 5.91 Å². The summed E-state index contributed by atoms with van der Waals surface area (Å²) in [6.45, 7) is 4.87. The van der Waals surface area contributed by atoms with Crippen LogP contribution >= 0.6 is 15.9 Å². The van der Waals surface area contributed by atoms with Crippen LogP contribution in [0.3, 0.4) is 0 Å². The average molecular weight is 325 g/mol. The van der Waals surface area contributed by atoms with Gasteiger partial charge in [-0.2, -0.15) is 0 Å². The Morgan fingerprint density at radius 1 is 1.42 bits per heavy atom. The van der Waals surface area contributed by atoms with Crippen LogP contribution in [0.4, 0.5) is 0 Å². The van der Waals surface area contributed by atoms with E-state index in [0.29, 0.717) is 12.5 Å². The van der Waals surface area contributed by atoms with E-state index in [1.165, 1.54) is 0 Å². The number of carbonyl (C=O) groups is 1. The number of hydrogen-bond acceptors (Lipinski definition) is 2. The summed E-state index contributed by atoms with van der Waals surface area (Å²) in [5.41, 5.74) is 1.08. The molecule has 0 saturated carbocycles. The maximum Gasteiger partial charge on any atom is 0.227 e. The summed E-state index contributed by atoms with van der Waals surface area (Å²) in [5, 5.41) is 3.38. The van der Waals surface area contributed by atoms with Gasteiger partial charge in [-0.15, -0.1) is 0 Å². The molecule has 0 bridgehead atoms. The van der Waals surface area contributed by atoms with Crippen LogP contribution < -0.4 is 5.32 Å². The van der Waals surface area contributed by atoms with Crippen molar-refractivity contribution in [2.24, 2.45) is 0 Å². The molecule has 1 saturated heterocycles. The molecule has 1 aromatic carbocycles. The Bertz CT molecular complexity index is 413. The van der Waals surface area contributed by atoms with Crippen LogP contribution in [0.15, 0.2) is 28.7 Å². The maximum absolute atomic E-state index is 12.4. The Labute approximate surface area is 123 Å². The van der Waals surface area contributed by atoms with Crippen LogP contribution in [0.1, 0.15) is 25.3 Å². The molecule has 2 rings (SSSR count). The van der Waals surface area contributed by atoms with E-state index in [9.17, 15) is 4.79 Å². The van der Waals surface area contributed by atoms with Crippen LogP contribution in [-0.2, 0) is 11.2 Å². The Balaban J connectivity index is 1.97. The molecule has 19 heavy (non-hydrogen) atoms. The Hall–Kier alpha value is -0.870. The van der Waals surface area contributed by atoms with Crippen molar-refractivity contribution < 1.29 is 4.79 Å². The van der Waals surface area contributed by atoms with Crippen LogP contribution in [0.2, 0.25) is 0 Å². The highest BCUT2D eigenvalue weighted by Gasteiger charge is 2.23. The molecule has 0 radical (unpaired) electrons. The fourth-order valence-corrected chi connectivity index (χ4v) is 2.88. The van der Waals surface area contributed by atoms with Gasteiger partial charge in [-0.25, -0.2) is 0 Å². The highest BCUT2D eigenvalue weighted by atomic mass is 79.9. The molecular formula is C15H21BrN2O. The van der Waals surface area contributed by atoms with Crippen LogP contribution in [0.5, 0.6) is 0 Å². The molecule has 1 aromatic rings. The summed E-state index contributed by atoms with van der Waals surface area (Å²) < 4.78 is 1.05. The van der Waals surface area contributed by atoms with Gasteiger partial charge in [-0.05, 0) is 44.0 Å². The lowest BCUT2D eigenvalue weighted by molar-refractivity contribution is -0.132. The molecule has 4 heteroatoms. The lowest BCUT2D eigenvalue weighted by atomic mass is 10.0. The molecule has 104 valence electrons. The van der Waals surface area contributed by atoms with Crippen molar-refractivity contribution in [1.29, 1.82) is 0 Å². The molecule has 1 heterocycles. The SMILES string of the molecule is CCN(C(=O)Cc1ccc(Br)cc1)C1CCCNC1. The molecule has 3 nitrogen and oxygen atoms in total. The lowest BCUT2D eigenvalue weighted by Crippen LogP contribution is -2.49. The van der Waals surface area contributed by atoms with E-state index in [4.69, 9.17) is 0 Å². The molecule has 1 fully saturated rings. The average Bonchev–Trinajstić information content (AvgIpc) is 2.43. The number of amides is 1. The van der Waals surface area contributed by atoms with Gasteiger partial charge in [0.05, 0.1) is 6.42 Å². The minimum Gasteiger partial charge on any atom is -0.338 e. The summed E-state index contributed by atoms with van der Waals surface area (Å²) in [5.74, 6) is 0.235. The van der Waals surface area contributed by atoms with E-state index in [1.54, 1.807) is 0 Å². The third-order valence-corrected chi connectivity index (χ3v) is 4.17. The summed E-state index contributed by atoms with van der Waals surface area (Å²) >= 11 is 3.41. The predicted molar refractivity (Wildman–Crippen MR) is 81.1 cm³/mol. The molecule has 0 aromatic heterocycles. The molecule has 0 aliphatic carbocycles. The van der Waals surface area contributed by atoms with Gasteiger partial charge in [0.1, 0.15) is 0 Å². The highest BCUT2D eigenvalue weighted by molar-refractivity contribution is 9.10. The number of likely N-dealkylation sites (N-methyl/N-ethyl adjacent to an activating group) is 1. The number of piperidine rings is 1. The van der Waals surface area contributed by atoms with E-state index >= 15 is 0 Å². The lowest BCUT2D eigenvalue weighted by Gasteiger charge is -2.34. The summed E-state index contributed by atoms with van der Waals surface area (Å²) in [6.07, 6.45) is 2.78. The minimum atomic E-state index is 0.235.